The first kappa shape index (κ1) is 34.9. The normalized spacial score (nSPS) is 16.3. The number of hydrogen-bond donors (Lipinski definition) is 2. The van der Waals surface area contributed by atoms with Crippen molar-refractivity contribution in [1.29, 1.82) is 0 Å². The molecule has 2 N–H and O–H groups in total. The van der Waals surface area contributed by atoms with Crippen LogP contribution in [-0.2, 0) is 16.1 Å². The molecule has 0 aliphatic carbocycles. The number of nitrogens with zero attached hydrogens (tertiary/aromatic N) is 3. The lowest BCUT2D eigenvalue weighted by molar-refractivity contribution is -0.134. The molecule has 2 saturated heterocycles. The average Bonchev–Trinajstić information content (AvgIpc) is 3.34. The molecule has 0 radical (unpaired) electrons. The van der Waals surface area contributed by atoms with Gasteiger partial charge in [0.05, 0.1) is 0 Å². The van der Waals surface area contributed by atoms with Crippen molar-refractivity contribution in [3.05, 3.63) is 71.8 Å². The molecule has 2 heterocycles. The van der Waals surface area contributed by atoms with Crippen molar-refractivity contribution in [3.8, 4) is 0 Å². The molecule has 4 amide bonds. The monoisotopic (exact) mass is 631 g/mol. The van der Waals surface area contributed by atoms with E-state index in [9.17, 15) is 14.4 Å². The molecule has 1 atom stereocenters. The Labute approximate surface area is 275 Å². The van der Waals surface area contributed by atoms with Crippen LogP contribution < -0.4 is 15.5 Å². The zero-order chi connectivity index (χ0) is 32.9. The summed E-state index contributed by atoms with van der Waals surface area (Å²) in [5.41, 5.74) is 3.91. The Morgan fingerprint density at radius 2 is 1.54 bits per heavy atom. The van der Waals surface area contributed by atoms with Crippen molar-refractivity contribution < 1.29 is 19.1 Å². The summed E-state index contributed by atoms with van der Waals surface area (Å²) >= 11 is 0. The average molecular weight is 632 g/mol. The van der Waals surface area contributed by atoms with Gasteiger partial charge in [0.2, 0.25) is 5.91 Å². The van der Waals surface area contributed by atoms with Crippen LogP contribution in [0.3, 0.4) is 0 Å². The molecule has 0 spiro atoms. The number of likely N-dealkylation sites (tertiary alicyclic amines) is 2. The van der Waals surface area contributed by atoms with Crippen LogP contribution in [0, 0.1) is 5.92 Å². The van der Waals surface area contributed by atoms with Gasteiger partial charge in [-0.05, 0) is 81.7 Å². The van der Waals surface area contributed by atoms with E-state index in [1.165, 1.54) is 5.57 Å². The maximum absolute atomic E-state index is 13.8. The number of ether oxygens (including phenoxy) is 1. The van der Waals surface area contributed by atoms with E-state index in [4.69, 9.17) is 4.74 Å². The van der Waals surface area contributed by atoms with Crippen LogP contribution in [0.15, 0.2) is 66.2 Å². The number of rotatable bonds is 11. The van der Waals surface area contributed by atoms with Crippen LogP contribution in [0.4, 0.5) is 21.0 Å². The zero-order valence-electron chi connectivity index (χ0n) is 28.2. The van der Waals surface area contributed by atoms with Crippen LogP contribution in [0.5, 0.6) is 0 Å². The predicted octanol–water partition coefficient (Wildman–Crippen LogP) is 7.20. The molecule has 4 rings (SSSR count). The summed E-state index contributed by atoms with van der Waals surface area (Å²) in [5.74, 6) is 0.319. The van der Waals surface area contributed by atoms with E-state index in [-0.39, 0.29) is 24.6 Å². The Bertz CT molecular complexity index is 1280. The highest BCUT2D eigenvalue weighted by Gasteiger charge is 2.32. The molecular formula is C37H53N5O4. The van der Waals surface area contributed by atoms with Crippen LogP contribution in [0.1, 0.15) is 78.2 Å². The number of anilines is 2. The van der Waals surface area contributed by atoms with E-state index in [0.717, 1.165) is 69.4 Å². The minimum Gasteiger partial charge on any atom is -0.444 e. The molecule has 0 bridgehead atoms. The Hall–Kier alpha value is -4.01. The number of urea groups is 1. The number of amides is 4. The highest BCUT2D eigenvalue weighted by atomic mass is 16.5. The van der Waals surface area contributed by atoms with Crippen LogP contribution in [0.25, 0.3) is 0 Å². The van der Waals surface area contributed by atoms with Crippen LogP contribution in [0.2, 0.25) is 0 Å². The highest BCUT2D eigenvalue weighted by Crippen LogP contribution is 2.26. The second-order valence-electron chi connectivity index (χ2n) is 13.3. The van der Waals surface area contributed by atoms with Crippen molar-refractivity contribution in [2.75, 3.05) is 42.9 Å². The third-order valence-corrected chi connectivity index (χ3v) is 8.77. The number of hydrogen-bond acceptors (Lipinski definition) is 5. The van der Waals surface area contributed by atoms with Gasteiger partial charge in [0.25, 0.3) is 0 Å². The number of carbonyl (C=O) groups excluding carboxylic acids is 3. The molecule has 2 aromatic rings. The lowest BCUT2D eigenvalue weighted by atomic mass is 9.98. The van der Waals surface area contributed by atoms with Gasteiger partial charge in [-0.25, -0.2) is 9.59 Å². The highest BCUT2D eigenvalue weighted by molar-refractivity contribution is 5.87. The molecule has 2 aliphatic heterocycles. The molecule has 250 valence electrons. The molecular weight excluding hydrogens is 578 g/mol. The van der Waals surface area contributed by atoms with Crippen LogP contribution in [-0.4, -0.2) is 72.6 Å². The molecule has 2 fully saturated rings. The van der Waals surface area contributed by atoms with Gasteiger partial charge in [0, 0.05) is 50.1 Å². The number of piperidine rings is 1. The van der Waals surface area contributed by atoms with Gasteiger partial charge in [0.1, 0.15) is 12.6 Å². The minimum atomic E-state index is -0.506. The van der Waals surface area contributed by atoms with E-state index >= 15 is 0 Å². The van der Waals surface area contributed by atoms with E-state index in [1.54, 1.807) is 0 Å². The van der Waals surface area contributed by atoms with Crippen molar-refractivity contribution in [2.24, 2.45) is 5.92 Å². The Morgan fingerprint density at radius 3 is 2.15 bits per heavy atom. The molecule has 0 saturated carbocycles. The second kappa shape index (κ2) is 17.6. The first-order chi connectivity index (χ1) is 22.2. The number of allylic oxidation sites excluding steroid dienone is 1. The standard InChI is InChI=1S/C37H53N5O4/c1-28(2)18-25-42(32-16-14-31(15-17-32)38-37(45)46-27-30-12-8-7-9-13-30)33-19-23-40(24-20-33)35(43)34(26-29(3)4)39-36(44)41-21-10-5-6-11-22-41/h7-9,12-18,29,33-34H,5-6,10-11,19-27H2,1-4H3,(H,38,45)(H,39,44). The number of carbonyl (C=O) groups is 3. The first-order valence-electron chi connectivity index (χ1n) is 17.0. The zero-order valence-corrected chi connectivity index (χ0v) is 28.2. The molecule has 9 nitrogen and oxygen atoms in total. The summed E-state index contributed by atoms with van der Waals surface area (Å²) in [6.45, 7) is 12.2. The van der Waals surface area contributed by atoms with Crippen molar-refractivity contribution in [3.63, 3.8) is 0 Å². The fourth-order valence-electron chi connectivity index (χ4n) is 6.18. The van der Waals surface area contributed by atoms with Gasteiger partial charge < -0.3 is 24.8 Å². The van der Waals surface area contributed by atoms with Gasteiger partial charge in [-0.15, -0.1) is 0 Å². The topological polar surface area (TPSA) is 94.2 Å². The van der Waals surface area contributed by atoms with Crippen molar-refractivity contribution in [1.82, 2.24) is 15.1 Å². The lowest BCUT2D eigenvalue weighted by Crippen LogP contribution is -2.55. The lowest BCUT2D eigenvalue weighted by Gasteiger charge is -2.40. The molecule has 0 aromatic heterocycles. The summed E-state index contributed by atoms with van der Waals surface area (Å²) in [6, 6.07) is 17.1. The van der Waals surface area contributed by atoms with Crippen molar-refractivity contribution >= 4 is 29.4 Å². The van der Waals surface area contributed by atoms with Crippen molar-refractivity contribution in [2.45, 2.75) is 91.3 Å². The van der Waals surface area contributed by atoms with Crippen LogP contribution >= 0.6 is 0 Å². The quantitative estimate of drug-likeness (QED) is 0.256. The van der Waals surface area contributed by atoms with Gasteiger partial charge in [0.15, 0.2) is 0 Å². The largest absolute Gasteiger partial charge is 0.444 e. The van der Waals surface area contributed by atoms with Gasteiger partial charge in [-0.1, -0.05) is 68.7 Å². The molecule has 2 aromatic carbocycles. The van der Waals surface area contributed by atoms with E-state index in [2.05, 4.69) is 49.3 Å². The predicted molar refractivity (Wildman–Crippen MR) is 185 cm³/mol. The molecule has 1 unspecified atom stereocenters. The minimum absolute atomic E-state index is 0.0285. The van der Waals surface area contributed by atoms with Gasteiger partial charge in [-0.3, -0.25) is 10.1 Å². The summed E-state index contributed by atoms with van der Waals surface area (Å²) in [7, 11) is 0. The SMILES string of the molecule is CC(C)=CCN(c1ccc(NC(=O)OCc2ccccc2)cc1)C1CCN(C(=O)C(CC(C)C)NC(=O)N2CCCCCC2)CC1. The Kier molecular flexibility index (Phi) is 13.4. The number of benzene rings is 2. The number of nitrogens with one attached hydrogen (secondary N) is 2. The summed E-state index contributed by atoms with van der Waals surface area (Å²) in [4.78, 5) is 45.5. The van der Waals surface area contributed by atoms with E-state index < -0.39 is 12.1 Å². The molecule has 9 heteroatoms. The second-order valence-corrected chi connectivity index (χ2v) is 13.3. The fraction of sp³-hybridized carbons (Fsp3) is 0.541. The van der Waals surface area contributed by atoms with E-state index in [0.29, 0.717) is 31.1 Å². The maximum Gasteiger partial charge on any atom is 0.411 e. The third-order valence-electron chi connectivity index (χ3n) is 8.77. The Balaban J connectivity index is 1.35. The third kappa shape index (κ3) is 10.8. The molecule has 2 aliphatic rings. The first-order valence-corrected chi connectivity index (χ1v) is 17.0. The smallest absolute Gasteiger partial charge is 0.411 e. The summed E-state index contributed by atoms with van der Waals surface area (Å²) in [6.07, 6.45) is 8.39. The van der Waals surface area contributed by atoms with Gasteiger partial charge in [-0.2, -0.15) is 0 Å². The van der Waals surface area contributed by atoms with Gasteiger partial charge >= 0.3 is 12.1 Å². The van der Waals surface area contributed by atoms with E-state index in [1.807, 2.05) is 64.4 Å². The maximum atomic E-state index is 13.8. The molecule has 46 heavy (non-hydrogen) atoms. The Morgan fingerprint density at radius 1 is 0.891 bits per heavy atom. The summed E-state index contributed by atoms with van der Waals surface area (Å²) in [5, 5.41) is 5.93. The fourth-order valence-corrected chi connectivity index (χ4v) is 6.18. The summed E-state index contributed by atoms with van der Waals surface area (Å²) < 4.78 is 5.37.